The summed E-state index contributed by atoms with van der Waals surface area (Å²) in [5.41, 5.74) is 9.34. The number of para-hydroxylation sites is 1. The van der Waals surface area contributed by atoms with Crippen LogP contribution in [0.25, 0.3) is 32.6 Å². The summed E-state index contributed by atoms with van der Waals surface area (Å²) >= 11 is 0. The lowest BCUT2D eigenvalue weighted by Crippen LogP contribution is -2.30. The normalized spacial score (nSPS) is 11.5. The van der Waals surface area contributed by atoms with Crippen LogP contribution in [0.3, 0.4) is 0 Å². The zero-order chi connectivity index (χ0) is 17.6. The highest BCUT2D eigenvalue weighted by Gasteiger charge is 2.21. The Balaban J connectivity index is 2.18. The third kappa shape index (κ3) is 2.36. The predicted molar refractivity (Wildman–Crippen MR) is 101 cm³/mol. The molecule has 0 atom stereocenters. The Hall–Kier alpha value is -2.92. The quantitative estimate of drug-likeness (QED) is 0.503. The van der Waals surface area contributed by atoms with Crippen molar-refractivity contribution in [1.82, 2.24) is 10.3 Å². The van der Waals surface area contributed by atoms with E-state index in [1.54, 1.807) is 0 Å². The number of nitrogens with two attached hydrogens (primary N) is 1. The molecule has 0 fully saturated rings. The summed E-state index contributed by atoms with van der Waals surface area (Å²) in [7, 11) is 1.99. The average molecular weight is 333 g/mol. The van der Waals surface area contributed by atoms with E-state index in [1.165, 1.54) is 5.56 Å². The number of hydrogen-bond acceptors (Lipinski definition) is 2. The van der Waals surface area contributed by atoms with Gasteiger partial charge in [-0.1, -0.05) is 18.2 Å². The molecule has 0 spiro atoms. The number of carbonyl (C=O) groups is 1. The van der Waals surface area contributed by atoms with E-state index >= 15 is 0 Å². The Morgan fingerprint density at radius 2 is 2.00 bits per heavy atom. The van der Waals surface area contributed by atoms with Gasteiger partial charge in [-0.25, -0.2) is 4.57 Å². The van der Waals surface area contributed by atoms with Crippen molar-refractivity contribution in [3.8, 4) is 0 Å². The van der Waals surface area contributed by atoms with Crippen molar-refractivity contribution in [3.05, 3.63) is 53.9 Å². The molecule has 2 aromatic heterocycles. The number of carbonyl (C=O) groups excluding carboxylic acids is 1. The van der Waals surface area contributed by atoms with E-state index in [-0.39, 0.29) is 5.91 Å². The molecule has 0 aliphatic rings. The van der Waals surface area contributed by atoms with Crippen molar-refractivity contribution in [2.75, 3.05) is 13.1 Å². The van der Waals surface area contributed by atoms with Crippen LogP contribution in [0.4, 0.5) is 0 Å². The van der Waals surface area contributed by atoms with Gasteiger partial charge >= 0.3 is 0 Å². The number of aryl methyl sites for hydroxylation is 2. The number of benzene rings is 2. The topological polar surface area (TPSA) is 74.8 Å². The predicted octanol–water partition coefficient (Wildman–Crippen LogP) is 2.30. The van der Waals surface area contributed by atoms with E-state index in [4.69, 9.17) is 5.73 Å². The lowest BCUT2D eigenvalue weighted by Gasteiger charge is -2.11. The second kappa shape index (κ2) is 5.86. The lowest BCUT2D eigenvalue weighted by atomic mass is 9.95. The molecule has 5 nitrogen and oxygen atoms in total. The highest BCUT2D eigenvalue weighted by atomic mass is 16.1. The van der Waals surface area contributed by atoms with Crippen LogP contribution >= 0.6 is 0 Å². The molecule has 0 aliphatic heterocycles. The van der Waals surface area contributed by atoms with Gasteiger partial charge in [0, 0.05) is 40.8 Å². The Morgan fingerprint density at radius 3 is 2.80 bits per heavy atom. The third-order valence-corrected chi connectivity index (χ3v) is 4.76. The van der Waals surface area contributed by atoms with Crippen LogP contribution in [0.1, 0.15) is 15.9 Å². The summed E-state index contributed by atoms with van der Waals surface area (Å²) in [6.07, 6.45) is 4.04. The standard InChI is InChI=1S/C20H20N4O/c1-12-15-11-24(2)10-7-13(15)18(20(25)22-9-8-21)19-17(12)14-5-3-4-6-16(14)23-19/h3-7,10-11H,8-9,21H2,1-2H3,(H,22,25)/p+1. The lowest BCUT2D eigenvalue weighted by molar-refractivity contribution is -0.670. The molecular formula is C20H21N4O+. The number of hydrogen-bond donors (Lipinski definition) is 3. The van der Waals surface area contributed by atoms with Crippen molar-refractivity contribution in [3.63, 3.8) is 0 Å². The van der Waals surface area contributed by atoms with E-state index in [1.807, 2.05) is 42.1 Å². The van der Waals surface area contributed by atoms with Crippen LogP contribution in [0.15, 0.2) is 42.7 Å². The zero-order valence-corrected chi connectivity index (χ0v) is 14.4. The molecule has 4 N–H and O–H groups in total. The van der Waals surface area contributed by atoms with Gasteiger partial charge in [-0.15, -0.1) is 0 Å². The maximum Gasteiger partial charge on any atom is 0.254 e. The second-order valence-electron chi connectivity index (χ2n) is 6.40. The van der Waals surface area contributed by atoms with E-state index < -0.39 is 0 Å². The van der Waals surface area contributed by atoms with Gasteiger partial charge in [0.25, 0.3) is 5.91 Å². The minimum Gasteiger partial charge on any atom is -0.354 e. The number of nitrogens with zero attached hydrogens (tertiary/aromatic N) is 1. The number of nitrogens with one attached hydrogen (secondary N) is 2. The number of H-pyrrole nitrogens is 1. The maximum absolute atomic E-state index is 12.9. The summed E-state index contributed by atoms with van der Waals surface area (Å²) in [6.45, 7) is 2.99. The molecule has 0 saturated heterocycles. The molecule has 0 bridgehead atoms. The van der Waals surface area contributed by atoms with Gasteiger partial charge in [0.05, 0.1) is 16.5 Å². The first-order valence-electron chi connectivity index (χ1n) is 8.42. The van der Waals surface area contributed by atoms with Crippen molar-refractivity contribution >= 4 is 38.5 Å². The molecule has 2 aromatic carbocycles. The smallest absolute Gasteiger partial charge is 0.254 e. The minimum absolute atomic E-state index is 0.0964. The number of aromatic amines is 1. The zero-order valence-electron chi connectivity index (χ0n) is 14.4. The molecule has 4 rings (SSSR count). The molecule has 126 valence electrons. The Bertz CT molecular complexity index is 1130. The number of rotatable bonds is 3. The molecule has 5 heteroatoms. The minimum atomic E-state index is -0.0964. The van der Waals surface area contributed by atoms with Crippen LogP contribution in [0.5, 0.6) is 0 Å². The SMILES string of the molecule is Cc1c2c[n+](C)ccc2c(C(=O)NCCN)c2[nH]c3ccccc3c12. The van der Waals surface area contributed by atoms with E-state index in [0.29, 0.717) is 18.7 Å². The van der Waals surface area contributed by atoms with E-state index in [9.17, 15) is 4.79 Å². The van der Waals surface area contributed by atoms with Crippen LogP contribution in [0, 0.1) is 6.92 Å². The van der Waals surface area contributed by atoms with Crippen molar-refractivity contribution in [2.24, 2.45) is 12.8 Å². The van der Waals surface area contributed by atoms with Crippen molar-refractivity contribution in [2.45, 2.75) is 6.92 Å². The fraction of sp³-hybridized carbons (Fsp3) is 0.200. The van der Waals surface area contributed by atoms with Gasteiger partial charge in [-0.3, -0.25) is 4.79 Å². The molecular weight excluding hydrogens is 312 g/mol. The first kappa shape index (κ1) is 15.6. The highest BCUT2D eigenvalue weighted by molar-refractivity contribution is 6.24. The molecule has 25 heavy (non-hydrogen) atoms. The average Bonchev–Trinajstić information content (AvgIpc) is 3.00. The second-order valence-corrected chi connectivity index (χ2v) is 6.40. The Morgan fingerprint density at radius 1 is 1.20 bits per heavy atom. The van der Waals surface area contributed by atoms with Crippen LogP contribution in [0.2, 0.25) is 0 Å². The molecule has 1 amide bonds. The van der Waals surface area contributed by atoms with Crippen LogP contribution < -0.4 is 15.6 Å². The summed E-state index contributed by atoms with van der Waals surface area (Å²) in [5.74, 6) is -0.0964. The van der Waals surface area contributed by atoms with Gasteiger partial charge in [0.2, 0.25) is 0 Å². The largest absolute Gasteiger partial charge is 0.354 e. The fourth-order valence-corrected chi connectivity index (χ4v) is 3.61. The Kier molecular flexibility index (Phi) is 3.66. The number of fused-ring (bicyclic) bond motifs is 4. The molecule has 0 radical (unpaired) electrons. The number of pyridine rings is 1. The Labute approximate surface area is 145 Å². The van der Waals surface area contributed by atoms with Crippen LogP contribution in [-0.4, -0.2) is 24.0 Å². The van der Waals surface area contributed by atoms with Gasteiger partial charge in [0.1, 0.15) is 7.05 Å². The first-order chi connectivity index (χ1) is 12.1. The highest BCUT2D eigenvalue weighted by Crippen LogP contribution is 2.36. The van der Waals surface area contributed by atoms with E-state index in [2.05, 4.69) is 29.5 Å². The maximum atomic E-state index is 12.9. The van der Waals surface area contributed by atoms with Gasteiger partial charge in [-0.05, 0) is 18.6 Å². The van der Waals surface area contributed by atoms with Crippen molar-refractivity contribution < 1.29 is 9.36 Å². The van der Waals surface area contributed by atoms with Gasteiger partial charge in [-0.2, -0.15) is 0 Å². The number of amides is 1. The molecule has 0 aliphatic carbocycles. The van der Waals surface area contributed by atoms with E-state index in [0.717, 1.165) is 32.6 Å². The summed E-state index contributed by atoms with van der Waals surface area (Å²) in [5, 5.41) is 7.19. The van der Waals surface area contributed by atoms with Crippen molar-refractivity contribution in [1.29, 1.82) is 0 Å². The fourth-order valence-electron chi connectivity index (χ4n) is 3.61. The monoisotopic (exact) mass is 333 g/mol. The third-order valence-electron chi connectivity index (χ3n) is 4.76. The molecule has 4 aromatic rings. The molecule has 2 heterocycles. The summed E-state index contributed by atoms with van der Waals surface area (Å²) < 4.78 is 2.01. The number of aromatic nitrogens is 2. The van der Waals surface area contributed by atoms with Crippen LogP contribution in [-0.2, 0) is 7.05 Å². The summed E-state index contributed by atoms with van der Waals surface area (Å²) in [6, 6.07) is 10.2. The first-order valence-corrected chi connectivity index (χ1v) is 8.42. The van der Waals surface area contributed by atoms with Gasteiger partial charge < -0.3 is 16.0 Å². The molecule has 0 saturated carbocycles. The summed E-state index contributed by atoms with van der Waals surface area (Å²) in [4.78, 5) is 16.4. The van der Waals surface area contributed by atoms with Gasteiger partial charge in [0.15, 0.2) is 12.4 Å². The molecule has 0 unspecified atom stereocenters.